The molecule has 1 aliphatic heterocycles. The summed E-state index contributed by atoms with van der Waals surface area (Å²) in [5, 5.41) is 7.47. The summed E-state index contributed by atoms with van der Waals surface area (Å²) in [5.74, 6) is 1.15. The Balaban J connectivity index is 1.64. The Labute approximate surface area is 109 Å². The fourth-order valence-electron chi connectivity index (χ4n) is 2.57. The number of hydrogen-bond donors (Lipinski definition) is 1. The van der Waals surface area contributed by atoms with Gasteiger partial charge in [0.2, 0.25) is 0 Å². The van der Waals surface area contributed by atoms with Gasteiger partial charge >= 0.3 is 0 Å². The number of hydrogen-bond acceptors (Lipinski definition) is 3. The van der Waals surface area contributed by atoms with Crippen LogP contribution in [0.4, 0.5) is 0 Å². The number of piperidine rings is 1. The van der Waals surface area contributed by atoms with Gasteiger partial charge in [-0.05, 0) is 50.8 Å². The minimum Gasteiger partial charge on any atom is -0.317 e. The van der Waals surface area contributed by atoms with Crippen molar-refractivity contribution < 1.29 is 4.79 Å². The van der Waals surface area contributed by atoms with Crippen molar-refractivity contribution in [3.05, 3.63) is 18.0 Å². The molecule has 18 heavy (non-hydrogen) atoms. The molecule has 1 aromatic rings. The standard InChI is InChI=1S/C14H23N3O/c1-17-13(8-11-16-17)3-5-14(18)4-2-12-6-9-15-10-7-12/h8,11-12,15H,2-7,9-10H2,1H3. The number of rotatable bonds is 6. The van der Waals surface area contributed by atoms with Gasteiger partial charge in [-0.2, -0.15) is 5.10 Å². The van der Waals surface area contributed by atoms with Crippen LogP contribution in [-0.2, 0) is 18.3 Å². The first-order valence-electron chi connectivity index (χ1n) is 6.95. The highest BCUT2D eigenvalue weighted by molar-refractivity contribution is 5.78. The van der Waals surface area contributed by atoms with Crippen LogP contribution in [0.1, 0.15) is 37.8 Å². The monoisotopic (exact) mass is 249 g/mol. The Bertz CT molecular complexity index is 380. The van der Waals surface area contributed by atoms with Gasteiger partial charge < -0.3 is 5.32 Å². The van der Waals surface area contributed by atoms with E-state index in [1.54, 1.807) is 6.20 Å². The zero-order chi connectivity index (χ0) is 12.8. The highest BCUT2D eigenvalue weighted by atomic mass is 16.1. The van der Waals surface area contributed by atoms with E-state index >= 15 is 0 Å². The molecule has 1 N–H and O–H groups in total. The average Bonchev–Trinajstić information content (AvgIpc) is 2.81. The van der Waals surface area contributed by atoms with E-state index in [1.807, 2.05) is 17.8 Å². The second kappa shape index (κ2) is 6.69. The summed E-state index contributed by atoms with van der Waals surface area (Å²) >= 11 is 0. The maximum atomic E-state index is 11.8. The summed E-state index contributed by atoms with van der Waals surface area (Å²) < 4.78 is 1.85. The SMILES string of the molecule is Cn1nccc1CCC(=O)CCC1CCNCC1. The van der Waals surface area contributed by atoms with Crippen LogP contribution in [-0.4, -0.2) is 28.7 Å². The van der Waals surface area contributed by atoms with Crippen LogP contribution >= 0.6 is 0 Å². The number of carbonyl (C=O) groups is 1. The summed E-state index contributed by atoms with van der Waals surface area (Å²) in [7, 11) is 1.93. The lowest BCUT2D eigenvalue weighted by atomic mass is 9.91. The normalized spacial score (nSPS) is 16.9. The largest absolute Gasteiger partial charge is 0.317 e. The molecule has 1 aliphatic rings. The van der Waals surface area contributed by atoms with Crippen molar-refractivity contribution in [2.75, 3.05) is 13.1 Å². The van der Waals surface area contributed by atoms with E-state index in [4.69, 9.17) is 0 Å². The molecule has 0 radical (unpaired) electrons. The van der Waals surface area contributed by atoms with Gasteiger partial charge in [0, 0.05) is 31.8 Å². The van der Waals surface area contributed by atoms with Crippen LogP contribution in [0.3, 0.4) is 0 Å². The smallest absolute Gasteiger partial charge is 0.133 e. The van der Waals surface area contributed by atoms with Gasteiger partial charge in [-0.1, -0.05) is 0 Å². The number of nitrogens with one attached hydrogen (secondary N) is 1. The lowest BCUT2D eigenvalue weighted by Crippen LogP contribution is -2.28. The molecule has 2 rings (SSSR count). The first-order chi connectivity index (χ1) is 8.75. The molecule has 0 aliphatic carbocycles. The maximum Gasteiger partial charge on any atom is 0.133 e. The lowest BCUT2D eigenvalue weighted by Gasteiger charge is -2.22. The molecular weight excluding hydrogens is 226 g/mol. The molecular formula is C14H23N3O. The number of aryl methyl sites for hydroxylation is 2. The molecule has 0 saturated carbocycles. The lowest BCUT2D eigenvalue weighted by molar-refractivity contribution is -0.119. The molecule has 0 amide bonds. The van der Waals surface area contributed by atoms with E-state index in [1.165, 1.54) is 12.8 Å². The van der Waals surface area contributed by atoms with Gasteiger partial charge in [0.25, 0.3) is 0 Å². The van der Waals surface area contributed by atoms with E-state index in [-0.39, 0.29) is 0 Å². The molecule has 0 atom stereocenters. The van der Waals surface area contributed by atoms with Crippen molar-refractivity contribution in [1.82, 2.24) is 15.1 Å². The van der Waals surface area contributed by atoms with E-state index in [9.17, 15) is 4.79 Å². The molecule has 1 aromatic heterocycles. The fraction of sp³-hybridized carbons (Fsp3) is 0.714. The van der Waals surface area contributed by atoms with Gasteiger partial charge in [0.05, 0.1) is 0 Å². The van der Waals surface area contributed by atoms with Gasteiger partial charge in [-0.25, -0.2) is 0 Å². The fourth-order valence-corrected chi connectivity index (χ4v) is 2.57. The number of ketones is 1. The highest BCUT2D eigenvalue weighted by Gasteiger charge is 2.14. The van der Waals surface area contributed by atoms with Crippen molar-refractivity contribution >= 4 is 5.78 Å². The Hall–Kier alpha value is -1.16. The number of carbonyl (C=O) groups excluding carboxylic acids is 1. The third kappa shape index (κ3) is 3.95. The van der Waals surface area contributed by atoms with Crippen molar-refractivity contribution in [3.8, 4) is 0 Å². The van der Waals surface area contributed by atoms with Crippen molar-refractivity contribution in [3.63, 3.8) is 0 Å². The highest BCUT2D eigenvalue weighted by Crippen LogP contribution is 2.18. The summed E-state index contributed by atoms with van der Waals surface area (Å²) in [4.78, 5) is 11.8. The van der Waals surface area contributed by atoms with Crippen molar-refractivity contribution in [1.29, 1.82) is 0 Å². The average molecular weight is 249 g/mol. The Morgan fingerprint density at radius 3 is 2.89 bits per heavy atom. The molecule has 0 aromatic carbocycles. The Morgan fingerprint density at radius 2 is 2.22 bits per heavy atom. The second-order valence-electron chi connectivity index (χ2n) is 5.22. The second-order valence-corrected chi connectivity index (χ2v) is 5.22. The molecule has 2 heterocycles. The summed E-state index contributed by atoms with van der Waals surface area (Å²) in [6, 6.07) is 1.99. The van der Waals surface area contributed by atoms with Crippen LogP contribution in [0.25, 0.3) is 0 Å². The molecule has 0 spiro atoms. The van der Waals surface area contributed by atoms with E-state index in [0.717, 1.165) is 44.0 Å². The molecule has 0 unspecified atom stereocenters. The topological polar surface area (TPSA) is 46.9 Å². The van der Waals surface area contributed by atoms with Gasteiger partial charge in [0.15, 0.2) is 0 Å². The van der Waals surface area contributed by atoms with Crippen LogP contribution in [0.15, 0.2) is 12.3 Å². The molecule has 4 heteroatoms. The van der Waals surface area contributed by atoms with E-state index < -0.39 is 0 Å². The van der Waals surface area contributed by atoms with E-state index in [0.29, 0.717) is 12.2 Å². The first kappa shape index (κ1) is 13.3. The van der Waals surface area contributed by atoms with Crippen LogP contribution in [0.2, 0.25) is 0 Å². The zero-order valence-corrected chi connectivity index (χ0v) is 11.2. The van der Waals surface area contributed by atoms with Crippen molar-refractivity contribution in [2.45, 2.75) is 38.5 Å². The molecule has 1 fully saturated rings. The Kier molecular flexibility index (Phi) is 4.93. The molecule has 4 nitrogen and oxygen atoms in total. The number of aromatic nitrogens is 2. The van der Waals surface area contributed by atoms with E-state index in [2.05, 4.69) is 10.4 Å². The predicted molar refractivity (Wildman–Crippen MR) is 71.4 cm³/mol. The summed E-state index contributed by atoms with van der Waals surface area (Å²) in [6.07, 6.45) is 7.55. The third-order valence-corrected chi connectivity index (χ3v) is 3.87. The zero-order valence-electron chi connectivity index (χ0n) is 11.2. The quantitative estimate of drug-likeness (QED) is 0.834. The van der Waals surface area contributed by atoms with Crippen molar-refractivity contribution in [2.24, 2.45) is 13.0 Å². The third-order valence-electron chi connectivity index (χ3n) is 3.87. The predicted octanol–water partition coefficient (Wildman–Crippen LogP) is 1.70. The minimum absolute atomic E-state index is 0.398. The molecule has 1 saturated heterocycles. The summed E-state index contributed by atoms with van der Waals surface area (Å²) in [5.41, 5.74) is 1.14. The van der Waals surface area contributed by atoms with Gasteiger partial charge in [0.1, 0.15) is 5.78 Å². The minimum atomic E-state index is 0.398. The number of Topliss-reactive ketones (excluding diaryl/α,β-unsaturated/α-hetero) is 1. The number of nitrogens with zero attached hydrogens (tertiary/aromatic N) is 2. The van der Waals surface area contributed by atoms with Crippen LogP contribution in [0, 0.1) is 5.92 Å². The van der Waals surface area contributed by atoms with Gasteiger partial charge in [-0.15, -0.1) is 0 Å². The van der Waals surface area contributed by atoms with Crippen LogP contribution < -0.4 is 5.32 Å². The van der Waals surface area contributed by atoms with Crippen LogP contribution in [0.5, 0.6) is 0 Å². The molecule has 0 bridgehead atoms. The maximum absolute atomic E-state index is 11.8. The first-order valence-corrected chi connectivity index (χ1v) is 6.95. The summed E-state index contributed by atoms with van der Waals surface area (Å²) in [6.45, 7) is 2.24. The van der Waals surface area contributed by atoms with Gasteiger partial charge in [-0.3, -0.25) is 9.48 Å². The molecule has 100 valence electrons. The Morgan fingerprint density at radius 1 is 1.44 bits per heavy atom.